The molecule has 0 heterocycles. The maximum Gasteiger partial charge on any atom is 0.216 e. The topological polar surface area (TPSA) is 69.4 Å². The molecule has 0 fully saturated rings. The molecule has 16 heavy (non-hydrogen) atoms. The van der Waals surface area contributed by atoms with Crippen molar-refractivity contribution in [2.24, 2.45) is 5.73 Å². The van der Waals surface area contributed by atoms with E-state index < -0.39 is 6.04 Å². The van der Waals surface area contributed by atoms with Gasteiger partial charge >= 0.3 is 0 Å². The van der Waals surface area contributed by atoms with Crippen LogP contribution in [0, 0.1) is 0 Å². The van der Waals surface area contributed by atoms with Gasteiger partial charge < -0.3 is 10.5 Å². The molecule has 1 aromatic carbocycles. The molecule has 1 radical (unpaired) electrons. The molecule has 4 heteroatoms. The number of ether oxygens (including phenoxy) is 1. The van der Waals surface area contributed by atoms with Crippen LogP contribution in [0.4, 0.5) is 0 Å². The molecule has 0 amide bonds. The van der Waals surface area contributed by atoms with E-state index in [4.69, 9.17) is 10.5 Å². The minimum atomic E-state index is -0.679. The van der Waals surface area contributed by atoms with Crippen LogP contribution in [-0.2, 0) is 4.79 Å². The van der Waals surface area contributed by atoms with E-state index in [1.54, 1.807) is 37.7 Å². The summed E-state index contributed by atoms with van der Waals surface area (Å²) in [4.78, 5) is 21.8. The van der Waals surface area contributed by atoms with E-state index in [0.29, 0.717) is 17.7 Å². The van der Waals surface area contributed by atoms with E-state index in [1.807, 2.05) is 0 Å². The van der Waals surface area contributed by atoms with Gasteiger partial charge in [0.2, 0.25) is 6.29 Å². The molecule has 0 aliphatic carbocycles. The minimum absolute atomic E-state index is 0.0339. The van der Waals surface area contributed by atoms with Crippen LogP contribution in [0.3, 0.4) is 0 Å². The first-order valence-corrected chi connectivity index (χ1v) is 4.98. The predicted octanol–water partition coefficient (Wildman–Crippen LogP) is 1.10. The van der Waals surface area contributed by atoms with Gasteiger partial charge in [0, 0.05) is 12.0 Å². The van der Waals surface area contributed by atoms with Crippen molar-refractivity contribution in [2.45, 2.75) is 18.9 Å². The van der Waals surface area contributed by atoms with Crippen LogP contribution in [0.1, 0.15) is 23.2 Å². The van der Waals surface area contributed by atoms with E-state index in [1.165, 1.54) is 0 Å². The van der Waals surface area contributed by atoms with Crippen molar-refractivity contribution >= 4 is 12.1 Å². The second kappa shape index (κ2) is 6.02. The van der Waals surface area contributed by atoms with E-state index in [-0.39, 0.29) is 12.2 Å². The Labute approximate surface area is 94.4 Å². The lowest BCUT2D eigenvalue weighted by molar-refractivity contribution is 0.0979. The van der Waals surface area contributed by atoms with Crippen LogP contribution < -0.4 is 10.5 Å². The maximum atomic E-state index is 11.6. The van der Waals surface area contributed by atoms with Gasteiger partial charge in [0.1, 0.15) is 5.75 Å². The second-order valence-corrected chi connectivity index (χ2v) is 3.41. The van der Waals surface area contributed by atoms with Gasteiger partial charge in [-0.3, -0.25) is 9.59 Å². The molecule has 2 N–H and O–H groups in total. The molecular weight excluding hydrogens is 206 g/mol. The van der Waals surface area contributed by atoms with Gasteiger partial charge in [-0.15, -0.1) is 0 Å². The zero-order valence-corrected chi connectivity index (χ0v) is 9.10. The van der Waals surface area contributed by atoms with E-state index in [2.05, 4.69) is 0 Å². The molecule has 85 valence electrons. The summed E-state index contributed by atoms with van der Waals surface area (Å²) in [6.45, 7) is 0. The van der Waals surface area contributed by atoms with Crippen molar-refractivity contribution in [2.75, 3.05) is 7.11 Å². The predicted molar refractivity (Wildman–Crippen MR) is 60.2 cm³/mol. The number of methoxy groups -OCH3 is 1. The highest BCUT2D eigenvalue weighted by Gasteiger charge is 2.09. The number of ketones is 1. The lowest BCUT2D eigenvalue weighted by Gasteiger charge is -2.04. The summed E-state index contributed by atoms with van der Waals surface area (Å²) in [6.07, 6.45) is 2.23. The molecule has 0 aliphatic heterocycles. The van der Waals surface area contributed by atoms with Crippen molar-refractivity contribution in [3.63, 3.8) is 0 Å². The Hall–Kier alpha value is -1.68. The highest BCUT2D eigenvalue weighted by molar-refractivity contribution is 5.96. The summed E-state index contributed by atoms with van der Waals surface area (Å²) in [5.41, 5.74) is 5.95. The second-order valence-electron chi connectivity index (χ2n) is 3.41. The molecular formula is C12H14NO3. The summed E-state index contributed by atoms with van der Waals surface area (Å²) in [6, 6.07) is 6.15. The number of benzene rings is 1. The van der Waals surface area contributed by atoms with Gasteiger partial charge in [0.05, 0.1) is 13.2 Å². The minimum Gasteiger partial charge on any atom is -0.497 e. The molecule has 1 atom stereocenters. The van der Waals surface area contributed by atoms with Crippen molar-refractivity contribution < 1.29 is 14.3 Å². The molecule has 1 rings (SSSR count). The fraction of sp³-hybridized carbons (Fsp3) is 0.333. The monoisotopic (exact) mass is 220 g/mol. The highest BCUT2D eigenvalue weighted by Crippen LogP contribution is 2.13. The van der Waals surface area contributed by atoms with Crippen molar-refractivity contribution in [3.05, 3.63) is 29.8 Å². The van der Waals surface area contributed by atoms with Crippen molar-refractivity contribution in [1.82, 2.24) is 0 Å². The molecule has 0 unspecified atom stereocenters. The van der Waals surface area contributed by atoms with Gasteiger partial charge in [-0.2, -0.15) is 0 Å². The third kappa shape index (κ3) is 3.47. The van der Waals surface area contributed by atoms with Crippen LogP contribution in [-0.4, -0.2) is 25.2 Å². The first-order valence-electron chi connectivity index (χ1n) is 4.98. The zero-order valence-electron chi connectivity index (χ0n) is 9.10. The Bertz CT molecular complexity index is 359. The number of nitrogens with two attached hydrogens (primary N) is 1. The van der Waals surface area contributed by atoms with Crippen LogP contribution in [0.5, 0.6) is 5.75 Å². The number of carbonyl (C=O) groups is 1. The normalized spacial score (nSPS) is 11.9. The number of hydrogen-bond donors (Lipinski definition) is 1. The largest absolute Gasteiger partial charge is 0.497 e. The van der Waals surface area contributed by atoms with E-state index in [0.717, 1.165) is 0 Å². The Balaban J connectivity index is 2.55. The third-order valence-corrected chi connectivity index (χ3v) is 2.25. The highest BCUT2D eigenvalue weighted by atomic mass is 16.5. The lowest BCUT2D eigenvalue weighted by Crippen LogP contribution is -2.22. The van der Waals surface area contributed by atoms with E-state index in [9.17, 15) is 9.59 Å². The molecule has 0 saturated carbocycles. The standard InChI is InChI=1S/C12H14NO3/c1-16-11-5-2-9(3-6-11)12(15)7-4-10(13)8-14/h2-3,5-6,10H,4,7,13H2,1H3/t10-/m0/s1. The quantitative estimate of drug-likeness (QED) is 0.729. The van der Waals surface area contributed by atoms with Gasteiger partial charge in [-0.05, 0) is 30.7 Å². The van der Waals surface area contributed by atoms with Gasteiger partial charge in [-0.25, -0.2) is 0 Å². The molecule has 0 spiro atoms. The molecule has 0 aromatic heterocycles. The molecule has 1 aromatic rings. The first-order chi connectivity index (χ1) is 7.67. The zero-order chi connectivity index (χ0) is 12.0. The average Bonchev–Trinajstić information content (AvgIpc) is 2.35. The average molecular weight is 220 g/mol. The van der Waals surface area contributed by atoms with Gasteiger partial charge in [0.25, 0.3) is 0 Å². The Morgan fingerprint density at radius 1 is 1.44 bits per heavy atom. The molecule has 0 aliphatic rings. The van der Waals surface area contributed by atoms with Crippen LogP contribution in [0.25, 0.3) is 0 Å². The van der Waals surface area contributed by atoms with E-state index >= 15 is 0 Å². The Morgan fingerprint density at radius 2 is 2.06 bits per heavy atom. The SMILES string of the molecule is COc1ccc(C(=O)CC[C@H](N)[C]=O)cc1. The Morgan fingerprint density at radius 3 is 2.56 bits per heavy atom. The Kier molecular flexibility index (Phi) is 4.66. The van der Waals surface area contributed by atoms with Crippen LogP contribution >= 0.6 is 0 Å². The molecule has 0 bridgehead atoms. The van der Waals surface area contributed by atoms with Crippen molar-refractivity contribution in [3.8, 4) is 5.75 Å². The molecule has 0 saturated heterocycles. The maximum absolute atomic E-state index is 11.6. The lowest BCUT2D eigenvalue weighted by atomic mass is 10.0. The summed E-state index contributed by atoms with van der Waals surface area (Å²) >= 11 is 0. The number of hydrogen-bond acceptors (Lipinski definition) is 4. The summed E-state index contributed by atoms with van der Waals surface area (Å²) in [7, 11) is 1.57. The van der Waals surface area contributed by atoms with Crippen LogP contribution in [0.2, 0.25) is 0 Å². The summed E-state index contributed by atoms with van der Waals surface area (Å²) in [5, 5.41) is 0. The summed E-state index contributed by atoms with van der Waals surface area (Å²) in [5.74, 6) is 0.669. The fourth-order valence-electron chi connectivity index (χ4n) is 1.27. The fourth-order valence-corrected chi connectivity index (χ4v) is 1.27. The number of Topliss-reactive ketones (excluding diaryl/α,β-unsaturated/α-hetero) is 1. The van der Waals surface area contributed by atoms with Gasteiger partial charge in [-0.1, -0.05) is 0 Å². The summed E-state index contributed by atoms with van der Waals surface area (Å²) < 4.78 is 4.98. The van der Waals surface area contributed by atoms with Gasteiger partial charge in [0.15, 0.2) is 5.78 Å². The van der Waals surface area contributed by atoms with Crippen molar-refractivity contribution in [1.29, 1.82) is 0 Å². The molecule has 4 nitrogen and oxygen atoms in total. The smallest absolute Gasteiger partial charge is 0.216 e. The third-order valence-electron chi connectivity index (χ3n) is 2.25. The first kappa shape index (κ1) is 12.4. The number of rotatable bonds is 6. The number of carbonyl (C=O) groups excluding carboxylic acids is 2. The van der Waals surface area contributed by atoms with Crippen LogP contribution in [0.15, 0.2) is 24.3 Å².